The molecule has 0 fully saturated rings. The van der Waals surface area contributed by atoms with Crippen LogP contribution in [0.3, 0.4) is 0 Å². The summed E-state index contributed by atoms with van der Waals surface area (Å²) in [5.41, 5.74) is 0. The van der Waals surface area contributed by atoms with E-state index in [9.17, 15) is 19.2 Å². The van der Waals surface area contributed by atoms with Gasteiger partial charge in [0, 0.05) is 25.7 Å². The zero-order chi connectivity index (χ0) is 48.0. The summed E-state index contributed by atoms with van der Waals surface area (Å²) in [6, 6.07) is 0. The van der Waals surface area contributed by atoms with Crippen LogP contribution in [0.5, 0.6) is 0 Å². The highest BCUT2D eigenvalue weighted by Crippen LogP contribution is 2.13. The monoisotopic (exact) mass is 907 g/mol. The van der Waals surface area contributed by atoms with Crippen LogP contribution >= 0.6 is 0 Å². The zero-order valence-electron chi connectivity index (χ0n) is 41.8. The normalized spacial score (nSPS) is 10.9. The standard InChI is InChI=1S/2C26H48O3.C2H2O4/c2*1-3-5-7-9-10-11-12-13-14-15-16-17-18-20-22-24-26(28)29-25(27)23-21-19-8-6-4-2;3-1(4)2(5)6/h2*13-14H,3-12,15-24H2,1-2H3;(H,3,4)(H,5,6)/b2*14-13-;. The fraction of sp³-hybridized carbons (Fsp3) is 0.815. The van der Waals surface area contributed by atoms with Crippen molar-refractivity contribution in [1.82, 2.24) is 0 Å². The largest absolute Gasteiger partial charge is 0.473 e. The quantitative estimate of drug-likeness (QED) is 0.0198. The van der Waals surface area contributed by atoms with Gasteiger partial charge in [0.05, 0.1) is 0 Å². The molecule has 0 aliphatic rings. The number of hydrogen-bond donors (Lipinski definition) is 2. The highest BCUT2D eigenvalue weighted by Gasteiger charge is 2.11. The molecule has 0 spiro atoms. The van der Waals surface area contributed by atoms with Crippen molar-refractivity contribution in [3.63, 3.8) is 0 Å². The molecule has 374 valence electrons. The summed E-state index contributed by atoms with van der Waals surface area (Å²) in [4.78, 5) is 64.7. The minimum atomic E-state index is -1.82. The van der Waals surface area contributed by atoms with Gasteiger partial charge >= 0.3 is 35.8 Å². The van der Waals surface area contributed by atoms with Crippen molar-refractivity contribution in [2.75, 3.05) is 0 Å². The third-order valence-corrected chi connectivity index (χ3v) is 10.9. The Morgan fingerprint density at radius 2 is 0.453 bits per heavy atom. The van der Waals surface area contributed by atoms with E-state index in [0.29, 0.717) is 25.7 Å². The number of allylic oxidation sites excluding steroid dienone is 4. The van der Waals surface area contributed by atoms with Crippen molar-refractivity contribution >= 4 is 35.8 Å². The third kappa shape index (κ3) is 60.8. The van der Waals surface area contributed by atoms with Crippen molar-refractivity contribution in [3.05, 3.63) is 24.3 Å². The lowest BCUT2D eigenvalue weighted by molar-refractivity contribution is -0.161. The van der Waals surface area contributed by atoms with Crippen LogP contribution in [0.15, 0.2) is 24.3 Å². The Hall–Kier alpha value is -3.30. The van der Waals surface area contributed by atoms with Gasteiger partial charge < -0.3 is 19.7 Å². The second-order valence-electron chi connectivity index (χ2n) is 17.3. The van der Waals surface area contributed by atoms with Crippen LogP contribution in [0.1, 0.15) is 285 Å². The van der Waals surface area contributed by atoms with Gasteiger partial charge in [-0.15, -0.1) is 0 Å². The summed E-state index contributed by atoms with van der Waals surface area (Å²) >= 11 is 0. The predicted octanol–water partition coefficient (Wildman–Crippen LogP) is 16.1. The molecular weight excluding hydrogens is 809 g/mol. The fourth-order valence-electron chi connectivity index (χ4n) is 6.88. The lowest BCUT2D eigenvalue weighted by atomic mass is 10.1. The highest BCUT2D eigenvalue weighted by molar-refractivity contribution is 6.27. The van der Waals surface area contributed by atoms with Gasteiger partial charge in [-0.25, -0.2) is 9.59 Å². The Balaban J connectivity index is -0.00000103. The molecule has 0 saturated carbocycles. The first-order valence-electron chi connectivity index (χ1n) is 26.3. The first kappa shape index (κ1) is 65.0. The van der Waals surface area contributed by atoms with E-state index < -0.39 is 11.9 Å². The van der Waals surface area contributed by atoms with E-state index >= 15 is 0 Å². The van der Waals surface area contributed by atoms with Crippen LogP contribution in [0.2, 0.25) is 0 Å². The van der Waals surface area contributed by atoms with E-state index in [4.69, 9.17) is 29.3 Å². The zero-order valence-corrected chi connectivity index (χ0v) is 41.8. The number of hydrogen-bond acceptors (Lipinski definition) is 8. The molecule has 0 rings (SSSR count). The van der Waals surface area contributed by atoms with E-state index in [-0.39, 0.29) is 23.9 Å². The van der Waals surface area contributed by atoms with Crippen molar-refractivity contribution in [3.8, 4) is 0 Å². The molecule has 2 N–H and O–H groups in total. The molecular formula is C54H98O10. The van der Waals surface area contributed by atoms with Crippen LogP contribution in [0.4, 0.5) is 0 Å². The van der Waals surface area contributed by atoms with Gasteiger partial charge in [-0.05, 0) is 77.0 Å². The van der Waals surface area contributed by atoms with Crippen LogP contribution in [-0.4, -0.2) is 46.0 Å². The molecule has 0 saturated heterocycles. The number of rotatable bonds is 42. The lowest BCUT2D eigenvalue weighted by Crippen LogP contribution is -2.11. The van der Waals surface area contributed by atoms with Crippen molar-refractivity contribution in [2.45, 2.75) is 285 Å². The SMILES string of the molecule is CCCCCCCC/C=C\CCCCCCCC(=O)OC(=O)CCCCCCC.CCCCCCCC/C=C\CCCCCCCC(=O)OC(=O)CCCCCCC.O=C(O)C(=O)O. The second kappa shape index (κ2) is 55.8. The molecule has 0 aromatic rings. The highest BCUT2D eigenvalue weighted by atomic mass is 16.6. The van der Waals surface area contributed by atoms with Gasteiger partial charge in [-0.2, -0.15) is 0 Å². The van der Waals surface area contributed by atoms with Crippen LogP contribution in [0, 0.1) is 0 Å². The van der Waals surface area contributed by atoms with Gasteiger partial charge in [0.15, 0.2) is 0 Å². The number of carbonyl (C=O) groups excluding carboxylic acids is 4. The third-order valence-electron chi connectivity index (χ3n) is 10.9. The first-order chi connectivity index (χ1) is 31.0. The lowest BCUT2D eigenvalue weighted by Gasteiger charge is -2.03. The Morgan fingerprint density at radius 1 is 0.281 bits per heavy atom. The van der Waals surface area contributed by atoms with Crippen molar-refractivity contribution in [2.24, 2.45) is 0 Å². The van der Waals surface area contributed by atoms with E-state index in [1.807, 2.05) is 0 Å². The topological polar surface area (TPSA) is 161 Å². The summed E-state index contributed by atoms with van der Waals surface area (Å²) in [7, 11) is 0. The van der Waals surface area contributed by atoms with Gasteiger partial charge in [0.1, 0.15) is 0 Å². The molecule has 0 amide bonds. The molecule has 0 radical (unpaired) electrons. The maximum absolute atomic E-state index is 11.7. The van der Waals surface area contributed by atoms with Crippen molar-refractivity contribution in [1.29, 1.82) is 0 Å². The van der Waals surface area contributed by atoms with Crippen molar-refractivity contribution < 1.29 is 48.5 Å². The molecule has 10 nitrogen and oxygen atoms in total. The molecule has 0 heterocycles. The average molecular weight is 907 g/mol. The predicted molar refractivity (Wildman–Crippen MR) is 263 cm³/mol. The van der Waals surface area contributed by atoms with E-state index in [0.717, 1.165) is 77.0 Å². The van der Waals surface area contributed by atoms with Crippen LogP contribution < -0.4 is 0 Å². The Kier molecular flexibility index (Phi) is 56.7. The Morgan fingerprint density at radius 3 is 0.641 bits per heavy atom. The minimum Gasteiger partial charge on any atom is -0.473 e. The molecule has 0 aromatic heterocycles. The molecule has 0 atom stereocenters. The second-order valence-corrected chi connectivity index (χ2v) is 17.3. The van der Waals surface area contributed by atoms with E-state index in [1.165, 1.54) is 154 Å². The van der Waals surface area contributed by atoms with Gasteiger partial charge in [-0.1, -0.05) is 206 Å². The molecule has 10 heteroatoms. The smallest absolute Gasteiger partial charge is 0.414 e. The number of esters is 4. The number of aliphatic carboxylic acids is 2. The van der Waals surface area contributed by atoms with E-state index in [2.05, 4.69) is 52.0 Å². The minimum absolute atomic E-state index is 0.346. The molecule has 0 aliphatic carbocycles. The number of carbonyl (C=O) groups is 6. The molecule has 64 heavy (non-hydrogen) atoms. The number of carboxylic acids is 2. The summed E-state index contributed by atoms with van der Waals surface area (Å²) in [5, 5.41) is 14.8. The first-order valence-corrected chi connectivity index (χ1v) is 26.3. The summed E-state index contributed by atoms with van der Waals surface area (Å²) in [5.74, 6) is -5.04. The molecule has 0 aliphatic heterocycles. The average Bonchev–Trinajstić information content (AvgIpc) is 3.26. The molecule has 0 bridgehead atoms. The van der Waals surface area contributed by atoms with Gasteiger partial charge in [0.25, 0.3) is 0 Å². The van der Waals surface area contributed by atoms with Crippen LogP contribution in [0.25, 0.3) is 0 Å². The summed E-state index contributed by atoms with van der Waals surface area (Å²) < 4.78 is 9.78. The maximum Gasteiger partial charge on any atom is 0.414 e. The number of carboxylic acid groups (broad SMARTS) is 2. The summed E-state index contributed by atoms with van der Waals surface area (Å²) in [6.07, 6.45) is 53.9. The Bertz CT molecular complexity index is 1060. The van der Waals surface area contributed by atoms with Gasteiger partial charge in [-0.3, -0.25) is 19.2 Å². The van der Waals surface area contributed by atoms with Gasteiger partial charge in [0.2, 0.25) is 0 Å². The summed E-state index contributed by atoms with van der Waals surface area (Å²) in [6.45, 7) is 8.86. The fourth-order valence-corrected chi connectivity index (χ4v) is 6.88. The molecule has 0 aromatic carbocycles. The Labute approximate surface area is 391 Å². The van der Waals surface area contributed by atoms with E-state index in [1.54, 1.807) is 0 Å². The van der Waals surface area contributed by atoms with Crippen LogP contribution in [-0.2, 0) is 38.2 Å². The maximum atomic E-state index is 11.7. The molecule has 0 unspecified atom stereocenters. The number of ether oxygens (including phenoxy) is 2. The number of unbranched alkanes of at least 4 members (excludes halogenated alkanes) is 30.